The highest BCUT2D eigenvalue weighted by Crippen LogP contribution is 2.37. The minimum Gasteiger partial charge on any atom is -0.494 e. The van der Waals surface area contributed by atoms with E-state index >= 15 is 0 Å². The van der Waals surface area contributed by atoms with Crippen LogP contribution in [0.15, 0.2) is 24.3 Å². The van der Waals surface area contributed by atoms with E-state index in [2.05, 4.69) is 43.4 Å². The first-order valence-electron chi connectivity index (χ1n) is 8.70. The molecular weight excluding hydrogens is 258 g/mol. The van der Waals surface area contributed by atoms with Gasteiger partial charge in [0.2, 0.25) is 0 Å². The van der Waals surface area contributed by atoms with E-state index in [1.54, 1.807) is 0 Å². The maximum absolute atomic E-state index is 5.56. The lowest BCUT2D eigenvalue weighted by atomic mass is 9.77. The molecule has 0 heterocycles. The van der Waals surface area contributed by atoms with Gasteiger partial charge in [-0.3, -0.25) is 0 Å². The van der Waals surface area contributed by atoms with E-state index in [0.717, 1.165) is 30.7 Å². The molecule has 2 heteroatoms. The van der Waals surface area contributed by atoms with Crippen molar-refractivity contribution < 1.29 is 4.74 Å². The van der Waals surface area contributed by atoms with Crippen molar-refractivity contribution in [3.05, 3.63) is 29.8 Å². The van der Waals surface area contributed by atoms with Crippen LogP contribution in [-0.2, 0) is 0 Å². The van der Waals surface area contributed by atoms with Gasteiger partial charge in [0.15, 0.2) is 0 Å². The van der Waals surface area contributed by atoms with Crippen LogP contribution in [0.2, 0.25) is 0 Å². The summed E-state index contributed by atoms with van der Waals surface area (Å²) in [6, 6.07) is 9.23. The molecule has 0 spiro atoms. The largest absolute Gasteiger partial charge is 0.494 e. The van der Waals surface area contributed by atoms with Gasteiger partial charge in [0.05, 0.1) is 6.61 Å². The summed E-state index contributed by atoms with van der Waals surface area (Å²) >= 11 is 0. The zero-order valence-corrected chi connectivity index (χ0v) is 13.9. The fraction of sp³-hybridized carbons (Fsp3) is 0.684. The topological polar surface area (TPSA) is 21.3 Å². The standard InChI is InChI=1S/C19H31NO/c1-4-14-20-19(16-8-6-15(3)7-9-16)17-10-12-18(13-11-17)21-5-2/h10-13,15-16,19-20H,4-9,14H2,1-3H3. The monoisotopic (exact) mass is 289 g/mol. The smallest absolute Gasteiger partial charge is 0.119 e. The average Bonchev–Trinajstić information content (AvgIpc) is 2.51. The number of rotatable bonds is 7. The summed E-state index contributed by atoms with van der Waals surface area (Å²) in [6.45, 7) is 8.50. The summed E-state index contributed by atoms with van der Waals surface area (Å²) in [5.41, 5.74) is 1.42. The Kier molecular flexibility index (Phi) is 6.56. The molecule has 0 radical (unpaired) electrons. The highest BCUT2D eigenvalue weighted by atomic mass is 16.5. The predicted octanol–water partition coefficient (Wildman–Crippen LogP) is 4.95. The van der Waals surface area contributed by atoms with Crippen LogP contribution in [0.3, 0.4) is 0 Å². The Hall–Kier alpha value is -1.02. The van der Waals surface area contributed by atoms with Crippen molar-refractivity contribution >= 4 is 0 Å². The van der Waals surface area contributed by atoms with Gasteiger partial charge in [-0.15, -0.1) is 0 Å². The average molecular weight is 289 g/mol. The minimum absolute atomic E-state index is 0.508. The lowest BCUT2D eigenvalue weighted by Crippen LogP contribution is -2.31. The molecule has 1 aliphatic rings. The normalized spacial score (nSPS) is 23.8. The molecule has 0 aromatic heterocycles. The van der Waals surface area contributed by atoms with Gasteiger partial charge in [-0.2, -0.15) is 0 Å². The maximum Gasteiger partial charge on any atom is 0.119 e. The molecule has 1 saturated carbocycles. The van der Waals surface area contributed by atoms with E-state index in [9.17, 15) is 0 Å². The molecule has 1 unspecified atom stereocenters. The Balaban J connectivity index is 2.07. The van der Waals surface area contributed by atoms with Crippen molar-refractivity contribution in [3.63, 3.8) is 0 Å². The number of hydrogen-bond acceptors (Lipinski definition) is 2. The van der Waals surface area contributed by atoms with E-state index in [1.165, 1.54) is 37.7 Å². The lowest BCUT2D eigenvalue weighted by Gasteiger charge is -2.34. The van der Waals surface area contributed by atoms with Gasteiger partial charge in [-0.25, -0.2) is 0 Å². The second kappa shape index (κ2) is 8.43. The zero-order chi connectivity index (χ0) is 15.1. The van der Waals surface area contributed by atoms with Crippen molar-refractivity contribution in [2.24, 2.45) is 11.8 Å². The van der Waals surface area contributed by atoms with Crippen molar-refractivity contribution in [3.8, 4) is 5.75 Å². The number of hydrogen-bond donors (Lipinski definition) is 1. The van der Waals surface area contributed by atoms with Crippen molar-refractivity contribution in [2.45, 2.75) is 58.9 Å². The first-order chi connectivity index (χ1) is 10.2. The first kappa shape index (κ1) is 16.4. The summed E-state index contributed by atoms with van der Waals surface area (Å²) in [4.78, 5) is 0. The molecule has 2 nitrogen and oxygen atoms in total. The Morgan fingerprint density at radius 3 is 2.33 bits per heavy atom. The second-order valence-electron chi connectivity index (χ2n) is 6.45. The van der Waals surface area contributed by atoms with Gasteiger partial charge in [0.25, 0.3) is 0 Å². The van der Waals surface area contributed by atoms with Crippen molar-refractivity contribution in [1.82, 2.24) is 5.32 Å². The molecule has 1 aliphatic carbocycles. The molecular formula is C19H31NO. The highest BCUT2D eigenvalue weighted by molar-refractivity contribution is 5.29. The Morgan fingerprint density at radius 1 is 1.10 bits per heavy atom. The molecule has 0 amide bonds. The number of benzene rings is 1. The Labute approximate surface area is 130 Å². The van der Waals surface area contributed by atoms with E-state index in [1.807, 2.05) is 6.92 Å². The van der Waals surface area contributed by atoms with Crippen LogP contribution in [0.4, 0.5) is 0 Å². The van der Waals surface area contributed by atoms with Crippen LogP contribution in [0.1, 0.15) is 64.5 Å². The number of ether oxygens (including phenoxy) is 1. The molecule has 1 aromatic carbocycles. The van der Waals surface area contributed by atoms with Crippen LogP contribution in [0, 0.1) is 11.8 Å². The number of nitrogens with one attached hydrogen (secondary N) is 1. The fourth-order valence-corrected chi connectivity index (χ4v) is 3.41. The molecule has 0 aliphatic heterocycles. The van der Waals surface area contributed by atoms with E-state index in [4.69, 9.17) is 4.74 Å². The van der Waals surface area contributed by atoms with E-state index < -0.39 is 0 Å². The van der Waals surface area contributed by atoms with Gasteiger partial charge >= 0.3 is 0 Å². The van der Waals surface area contributed by atoms with Crippen molar-refractivity contribution in [2.75, 3.05) is 13.2 Å². The summed E-state index contributed by atoms with van der Waals surface area (Å²) in [5, 5.41) is 3.78. The van der Waals surface area contributed by atoms with E-state index in [-0.39, 0.29) is 0 Å². The molecule has 2 rings (SSSR count). The lowest BCUT2D eigenvalue weighted by molar-refractivity contribution is 0.231. The third-order valence-electron chi connectivity index (χ3n) is 4.70. The van der Waals surface area contributed by atoms with E-state index in [0.29, 0.717) is 6.04 Å². The summed E-state index contributed by atoms with van der Waals surface area (Å²) in [5.74, 6) is 2.67. The molecule has 1 N–H and O–H groups in total. The fourth-order valence-electron chi connectivity index (χ4n) is 3.41. The zero-order valence-electron chi connectivity index (χ0n) is 13.9. The summed E-state index contributed by atoms with van der Waals surface area (Å²) in [7, 11) is 0. The van der Waals surface area contributed by atoms with Gasteiger partial charge in [0.1, 0.15) is 5.75 Å². The van der Waals surface area contributed by atoms with Crippen LogP contribution in [-0.4, -0.2) is 13.2 Å². The molecule has 0 saturated heterocycles. The molecule has 1 fully saturated rings. The SMILES string of the molecule is CCCNC(c1ccc(OCC)cc1)C1CCC(C)CC1. The van der Waals surface area contributed by atoms with Gasteiger partial charge in [0, 0.05) is 6.04 Å². The molecule has 1 aromatic rings. The van der Waals surface area contributed by atoms with Crippen LogP contribution in [0.5, 0.6) is 5.75 Å². The van der Waals surface area contributed by atoms with Crippen molar-refractivity contribution in [1.29, 1.82) is 0 Å². The first-order valence-corrected chi connectivity index (χ1v) is 8.70. The minimum atomic E-state index is 0.508. The second-order valence-corrected chi connectivity index (χ2v) is 6.45. The molecule has 0 bridgehead atoms. The summed E-state index contributed by atoms with van der Waals surface area (Å²) < 4.78 is 5.56. The van der Waals surface area contributed by atoms with Gasteiger partial charge in [-0.05, 0) is 62.3 Å². The van der Waals surface area contributed by atoms with Crippen LogP contribution < -0.4 is 10.1 Å². The van der Waals surface area contributed by atoms with Crippen LogP contribution >= 0.6 is 0 Å². The highest BCUT2D eigenvalue weighted by Gasteiger charge is 2.26. The summed E-state index contributed by atoms with van der Waals surface area (Å²) in [6.07, 6.45) is 6.67. The molecule has 118 valence electrons. The van der Waals surface area contributed by atoms with Gasteiger partial charge < -0.3 is 10.1 Å². The maximum atomic E-state index is 5.56. The Bertz CT molecular complexity index is 393. The predicted molar refractivity (Wildman–Crippen MR) is 89.8 cm³/mol. The Morgan fingerprint density at radius 2 is 1.76 bits per heavy atom. The van der Waals surface area contributed by atoms with Crippen LogP contribution in [0.25, 0.3) is 0 Å². The molecule has 1 atom stereocenters. The third-order valence-corrected chi connectivity index (χ3v) is 4.70. The van der Waals surface area contributed by atoms with Gasteiger partial charge in [-0.1, -0.05) is 38.8 Å². The molecule has 21 heavy (non-hydrogen) atoms. The third kappa shape index (κ3) is 4.74. The quantitative estimate of drug-likeness (QED) is 0.766.